The van der Waals surface area contributed by atoms with Crippen LogP contribution in [0.4, 0.5) is 0 Å². The van der Waals surface area contributed by atoms with Gasteiger partial charge in [-0.2, -0.15) is 8.42 Å². The molecule has 1 saturated carbocycles. The average Bonchev–Trinajstić information content (AvgIpc) is 2.23. The van der Waals surface area contributed by atoms with Crippen molar-refractivity contribution < 1.29 is 17.7 Å². The molecule has 0 amide bonds. The summed E-state index contributed by atoms with van der Waals surface area (Å²) < 4.78 is 27.5. The molecule has 2 rings (SSSR count). The number of aliphatic hydroxyl groups excluding tert-OH is 1. The van der Waals surface area contributed by atoms with Crippen LogP contribution in [0.15, 0.2) is 0 Å². The molecular weight excluding hydrogens is 230 g/mol. The normalized spacial score (nSPS) is 30.2. The van der Waals surface area contributed by atoms with E-state index in [1.165, 1.54) is 6.42 Å². The number of hydrogen-bond acceptors (Lipinski definition) is 5. The Hall–Kier alpha value is -0.170. The molecule has 1 spiro atoms. The third-order valence-corrected chi connectivity index (χ3v) is 4.20. The molecule has 0 aromatic heterocycles. The van der Waals surface area contributed by atoms with Crippen LogP contribution in [0.5, 0.6) is 0 Å². The average molecular weight is 249 g/mol. The number of rotatable bonds is 3. The van der Waals surface area contributed by atoms with E-state index in [0.717, 1.165) is 38.5 Å². The summed E-state index contributed by atoms with van der Waals surface area (Å²) in [6.07, 6.45) is 6.09. The van der Waals surface area contributed by atoms with E-state index in [-0.39, 0.29) is 12.1 Å². The molecule has 16 heavy (non-hydrogen) atoms. The van der Waals surface area contributed by atoms with E-state index in [4.69, 9.17) is 9.29 Å². The van der Waals surface area contributed by atoms with Crippen molar-refractivity contribution in [1.29, 1.82) is 0 Å². The third-order valence-electron chi connectivity index (χ3n) is 3.67. The second kappa shape index (κ2) is 4.25. The zero-order valence-electron chi connectivity index (χ0n) is 9.55. The van der Waals surface area contributed by atoms with Crippen LogP contribution in [0, 0.1) is 5.41 Å². The lowest BCUT2D eigenvalue weighted by Crippen LogP contribution is -2.66. The Morgan fingerprint density at radius 2 is 2.00 bits per heavy atom. The van der Waals surface area contributed by atoms with Crippen LogP contribution in [0.1, 0.15) is 32.1 Å². The highest BCUT2D eigenvalue weighted by Crippen LogP contribution is 2.49. The molecule has 0 radical (unpaired) electrons. The fourth-order valence-electron chi connectivity index (χ4n) is 2.95. The van der Waals surface area contributed by atoms with E-state index in [9.17, 15) is 8.42 Å². The lowest BCUT2D eigenvalue weighted by atomic mass is 9.67. The predicted molar refractivity (Wildman–Crippen MR) is 59.0 cm³/mol. The van der Waals surface area contributed by atoms with Gasteiger partial charge < -0.3 is 5.11 Å². The Morgan fingerprint density at radius 1 is 1.38 bits per heavy atom. The topological polar surface area (TPSA) is 66.8 Å². The standard InChI is InChI=1S/C10H19NO4S/c1-16(13,14)15-9-10(7-11(9)8-12)5-3-2-4-6-10/h9,12H,2-8H2,1H3. The highest BCUT2D eigenvalue weighted by Gasteiger charge is 2.54. The van der Waals surface area contributed by atoms with Crippen LogP contribution in [0.25, 0.3) is 0 Å². The van der Waals surface area contributed by atoms with E-state index >= 15 is 0 Å². The summed E-state index contributed by atoms with van der Waals surface area (Å²) in [7, 11) is -3.46. The second-order valence-electron chi connectivity index (χ2n) is 4.96. The number of nitrogens with zero attached hydrogens (tertiary/aromatic N) is 1. The Morgan fingerprint density at radius 3 is 2.50 bits per heavy atom. The van der Waals surface area contributed by atoms with E-state index in [1.54, 1.807) is 4.90 Å². The quantitative estimate of drug-likeness (QED) is 0.738. The Labute approximate surface area is 96.5 Å². The van der Waals surface area contributed by atoms with Crippen molar-refractivity contribution in [3.8, 4) is 0 Å². The van der Waals surface area contributed by atoms with Gasteiger partial charge in [-0.3, -0.25) is 9.08 Å². The smallest absolute Gasteiger partial charge is 0.265 e. The number of hydrogen-bond donors (Lipinski definition) is 1. The third kappa shape index (κ3) is 2.25. The first-order valence-corrected chi connectivity index (χ1v) is 7.52. The highest BCUT2D eigenvalue weighted by atomic mass is 32.2. The zero-order valence-corrected chi connectivity index (χ0v) is 10.4. The van der Waals surface area contributed by atoms with Gasteiger partial charge in [0.25, 0.3) is 10.1 Å². The molecular formula is C10H19NO4S. The second-order valence-corrected chi connectivity index (χ2v) is 6.56. The summed E-state index contributed by atoms with van der Waals surface area (Å²) in [5.74, 6) is 0. The molecule has 0 aromatic rings. The maximum absolute atomic E-state index is 11.2. The van der Waals surface area contributed by atoms with Crippen LogP contribution in [0.2, 0.25) is 0 Å². The first kappa shape index (κ1) is 12.3. The fourth-order valence-corrected chi connectivity index (χ4v) is 3.61. The molecule has 2 aliphatic rings. The predicted octanol–water partition coefficient (Wildman–Crippen LogP) is 0.505. The molecule has 1 unspecified atom stereocenters. The molecule has 6 heteroatoms. The molecule has 2 fully saturated rings. The van der Waals surface area contributed by atoms with Crippen LogP contribution in [-0.4, -0.2) is 44.2 Å². The van der Waals surface area contributed by atoms with Gasteiger partial charge in [0.15, 0.2) is 0 Å². The van der Waals surface area contributed by atoms with E-state index in [2.05, 4.69) is 0 Å². The molecule has 1 aliphatic heterocycles. The van der Waals surface area contributed by atoms with Gasteiger partial charge in [-0.25, -0.2) is 0 Å². The Kier molecular flexibility index (Phi) is 3.27. The van der Waals surface area contributed by atoms with Crippen LogP contribution >= 0.6 is 0 Å². The van der Waals surface area contributed by atoms with Gasteiger partial charge in [0.2, 0.25) is 0 Å². The van der Waals surface area contributed by atoms with Gasteiger partial charge in [0.1, 0.15) is 6.23 Å². The van der Waals surface area contributed by atoms with Crippen molar-refractivity contribution in [2.75, 3.05) is 19.5 Å². The lowest BCUT2D eigenvalue weighted by Gasteiger charge is -2.57. The molecule has 94 valence electrons. The van der Waals surface area contributed by atoms with Crippen LogP contribution < -0.4 is 0 Å². The molecule has 0 bridgehead atoms. The zero-order chi connectivity index (χ0) is 11.8. The Bertz CT molecular complexity index is 348. The van der Waals surface area contributed by atoms with Crippen molar-refractivity contribution in [2.24, 2.45) is 5.41 Å². The molecule has 5 nitrogen and oxygen atoms in total. The molecule has 1 aliphatic carbocycles. The van der Waals surface area contributed by atoms with Gasteiger partial charge >= 0.3 is 0 Å². The van der Waals surface area contributed by atoms with Crippen molar-refractivity contribution in [2.45, 2.75) is 38.3 Å². The molecule has 1 heterocycles. The van der Waals surface area contributed by atoms with Crippen molar-refractivity contribution in [3.05, 3.63) is 0 Å². The minimum Gasteiger partial charge on any atom is -0.381 e. The number of aliphatic hydroxyl groups is 1. The van der Waals surface area contributed by atoms with Gasteiger partial charge in [0.05, 0.1) is 13.0 Å². The molecule has 1 saturated heterocycles. The van der Waals surface area contributed by atoms with Crippen molar-refractivity contribution >= 4 is 10.1 Å². The van der Waals surface area contributed by atoms with Crippen molar-refractivity contribution in [3.63, 3.8) is 0 Å². The lowest BCUT2D eigenvalue weighted by molar-refractivity contribution is -0.212. The molecule has 1 atom stereocenters. The van der Waals surface area contributed by atoms with Crippen molar-refractivity contribution in [1.82, 2.24) is 4.90 Å². The minimum atomic E-state index is -3.46. The maximum Gasteiger partial charge on any atom is 0.265 e. The summed E-state index contributed by atoms with van der Waals surface area (Å²) in [5.41, 5.74) is -0.0376. The summed E-state index contributed by atoms with van der Waals surface area (Å²) in [6.45, 7) is 0.617. The van der Waals surface area contributed by atoms with Gasteiger partial charge in [-0.1, -0.05) is 19.3 Å². The summed E-state index contributed by atoms with van der Waals surface area (Å²) in [4.78, 5) is 1.67. The van der Waals surface area contributed by atoms with E-state index in [0.29, 0.717) is 0 Å². The van der Waals surface area contributed by atoms with Crippen LogP contribution in [0.3, 0.4) is 0 Å². The van der Waals surface area contributed by atoms with Gasteiger partial charge in [-0.05, 0) is 12.8 Å². The van der Waals surface area contributed by atoms with Gasteiger partial charge in [0, 0.05) is 12.0 Å². The Balaban J connectivity index is 2.09. The minimum absolute atomic E-state index is 0.0376. The van der Waals surface area contributed by atoms with Crippen LogP contribution in [-0.2, 0) is 14.3 Å². The first-order chi connectivity index (χ1) is 7.47. The van der Waals surface area contributed by atoms with E-state index in [1.807, 2.05) is 0 Å². The SMILES string of the molecule is CS(=O)(=O)OC1N(CO)CC12CCCCC2. The van der Waals surface area contributed by atoms with E-state index < -0.39 is 16.3 Å². The first-order valence-electron chi connectivity index (χ1n) is 5.70. The van der Waals surface area contributed by atoms with Gasteiger partial charge in [-0.15, -0.1) is 0 Å². The highest BCUT2D eigenvalue weighted by molar-refractivity contribution is 7.86. The summed E-state index contributed by atoms with van der Waals surface area (Å²) >= 11 is 0. The largest absolute Gasteiger partial charge is 0.381 e. The summed E-state index contributed by atoms with van der Waals surface area (Å²) in [5, 5.41) is 9.12. The fraction of sp³-hybridized carbons (Fsp3) is 1.00. The number of likely N-dealkylation sites (tertiary alicyclic amines) is 1. The maximum atomic E-state index is 11.2. The molecule has 1 N–H and O–H groups in total. The molecule has 0 aromatic carbocycles. The monoisotopic (exact) mass is 249 g/mol. The summed E-state index contributed by atoms with van der Waals surface area (Å²) in [6, 6.07) is 0.